The molecule has 11 heteroatoms. The van der Waals surface area contributed by atoms with E-state index in [4.69, 9.17) is 4.74 Å². The number of carbonyl (C=O) groups is 1. The second kappa shape index (κ2) is 8.90. The van der Waals surface area contributed by atoms with Crippen molar-refractivity contribution in [1.29, 1.82) is 0 Å². The Labute approximate surface area is 196 Å². The molecule has 0 atom stereocenters. The summed E-state index contributed by atoms with van der Waals surface area (Å²) < 4.78 is 46.1. The van der Waals surface area contributed by atoms with Crippen LogP contribution in [0, 0.1) is 12.7 Å². The molecule has 1 amide bonds. The van der Waals surface area contributed by atoms with Crippen LogP contribution < -0.4 is 10.1 Å². The van der Waals surface area contributed by atoms with Crippen molar-refractivity contribution >= 4 is 27.3 Å². The number of ether oxygens (including phenoxy) is 1. The van der Waals surface area contributed by atoms with Crippen LogP contribution in [0.5, 0.6) is 5.75 Å². The minimum absolute atomic E-state index is 0.0153. The molecule has 1 aliphatic heterocycles. The van der Waals surface area contributed by atoms with Crippen LogP contribution in [0.1, 0.15) is 21.7 Å². The minimum atomic E-state index is -3.68. The first-order chi connectivity index (χ1) is 16.1. The number of amides is 1. The minimum Gasteiger partial charge on any atom is -0.497 e. The Morgan fingerprint density at radius 2 is 1.94 bits per heavy atom. The average molecular weight is 486 g/mol. The Morgan fingerprint density at radius 3 is 2.56 bits per heavy atom. The number of sulfone groups is 1. The van der Waals surface area contributed by atoms with Gasteiger partial charge in [0.25, 0.3) is 5.91 Å². The quantitative estimate of drug-likeness (QED) is 0.576. The number of halogens is 1. The number of aryl methyl sites for hydroxylation is 1. The third-order valence-corrected chi connectivity index (χ3v) is 6.52. The maximum Gasteiger partial charge on any atom is 0.274 e. The Hall–Kier alpha value is -3.73. The zero-order valence-corrected chi connectivity index (χ0v) is 20.0. The third kappa shape index (κ3) is 4.51. The van der Waals surface area contributed by atoms with E-state index in [0.717, 1.165) is 12.8 Å². The number of hydrogen-bond donors (Lipinski definition) is 1. The van der Waals surface area contributed by atoms with Gasteiger partial charge in [-0.1, -0.05) is 0 Å². The summed E-state index contributed by atoms with van der Waals surface area (Å²) >= 11 is 0. The summed E-state index contributed by atoms with van der Waals surface area (Å²) in [5.74, 6) is -0.215. The highest BCUT2D eigenvalue weighted by atomic mass is 32.2. The molecule has 0 spiro atoms. The first-order valence-electron chi connectivity index (χ1n) is 10.4. The van der Waals surface area contributed by atoms with E-state index in [2.05, 4.69) is 15.4 Å². The van der Waals surface area contributed by atoms with Crippen LogP contribution in [0.25, 0.3) is 5.69 Å². The molecular formula is C23H24FN5O4S. The highest BCUT2D eigenvalue weighted by Gasteiger charge is 2.23. The molecule has 2 aromatic carbocycles. The number of rotatable bonds is 6. The van der Waals surface area contributed by atoms with Gasteiger partial charge in [0.2, 0.25) is 0 Å². The van der Waals surface area contributed by atoms with E-state index < -0.39 is 21.6 Å². The summed E-state index contributed by atoms with van der Waals surface area (Å²) in [7, 11) is -0.371. The fraction of sp³-hybridized carbons (Fsp3) is 0.261. The van der Waals surface area contributed by atoms with Crippen LogP contribution in [0.15, 0.2) is 52.4 Å². The molecule has 1 N–H and O–H groups in total. The van der Waals surface area contributed by atoms with Crippen LogP contribution in [-0.2, 0) is 9.84 Å². The van der Waals surface area contributed by atoms with Crippen LogP contribution in [-0.4, -0.2) is 68.3 Å². The maximum absolute atomic E-state index is 14.8. The SMILES string of the molecule is COc1ccc(-n2nc(C)cc2C(=O)Nc2ccc(C3=NCCN3C)cc2F)c(S(C)(=O)=O)c1. The summed E-state index contributed by atoms with van der Waals surface area (Å²) in [5, 5.41) is 6.86. The number of aliphatic imine (C=N–C) groups is 1. The second-order valence-electron chi connectivity index (χ2n) is 7.96. The van der Waals surface area contributed by atoms with Gasteiger partial charge in [-0.15, -0.1) is 0 Å². The highest BCUT2D eigenvalue weighted by molar-refractivity contribution is 7.90. The number of benzene rings is 2. The monoisotopic (exact) mass is 485 g/mol. The highest BCUT2D eigenvalue weighted by Crippen LogP contribution is 2.27. The summed E-state index contributed by atoms with van der Waals surface area (Å²) in [4.78, 5) is 19.4. The van der Waals surface area contributed by atoms with E-state index in [1.165, 1.54) is 42.1 Å². The number of likely N-dealkylation sites (N-methyl/N-ethyl adjacent to an activating group) is 1. The van der Waals surface area contributed by atoms with Crippen LogP contribution >= 0.6 is 0 Å². The van der Waals surface area contributed by atoms with Gasteiger partial charge in [-0.3, -0.25) is 9.79 Å². The van der Waals surface area contributed by atoms with Crippen LogP contribution in [0.2, 0.25) is 0 Å². The number of hydrogen-bond acceptors (Lipinski definition) is 7. The van der Waals surface area contributed by atoms with Crippen molar-refractivity contribution in [1.82, 2.24) is 14.7 Å². The van der Waals surface area contributed by atoms with Gasteiger partial charge in [-0.25, -0.2) is 17.5 Å². The molecule has 0 radical (unpaired) electrons. The molecule has 0 saturated carbocycles. The fourth-order valence-electron chi connectivity index (χ4n) is 3.72. The lowest BCUT2D eigenvalue weighted by Crippen LogP contribution is -2.23. The fourth-order valence-corrected chi connectivity index (χ4v) is 4.59. The number of nitrogens with one attached hydrogen (secondary N) is 1. The lowest BCUT2D eigenvalue weighted by Gasteiger charge is -2.15. The summed E-state index contributed by atoms with van der Waals surface area (Å²) in [6.07, 6.45) is 1.06. The molecule has 34 heavy (non-hydrogen) atoms. The molecule has 0 unspecified atom stereocenters. The smallest absolute Gasteiger partial charge is 0.274 e. The first-order valence-corrected chi connectivity index (χ1v) is 12.3. The van der Waals surface area contributed by atoms with Gasteiger partial charge in [0, 0.05) is 31.5 Å². The molecule has 1 aliphatic rings. The number of nitrogens with zero attached hydrogens (tertiary/aromatic N) is 4. The van der Waals surface area contributed by atoms with Crippen molar-refractivity contribution in [2.24, 2.45) is 4.99 Å². The molecule has 1 aromatic heterocycles. The second-order valence-corrected chi connectivity index (χ2v) is 9.95. The molecule has 3 aromatic rings. The van der Waals surface area contributed by atoms with Gasteiger partial charge >= 0.3 is 0 Å². The van der Waals surface area contributed by atoms with Crippen LogP contribution in [0.3, 0.4) is 0 Å². The first kappa shape index (κ1) is 23.4. The van der Waals surface area contributed by atoms with Crippen LogP contribution in [0.4, 0.5) is 10.1 Å². The lowest BCUT2D eigenvalue weighted by molar-refractivity contribution is 0.101. The summed E-state index contributed by atoms with van der Waals surface area (Å²) in [6.45, 7) is 3.08. The molecular weight excluding hydrogens is 461 g/mol. The molecule has 0 bridgehead atoms. The van der Waals surface area contributed by atoms with Gasteiger partial charge in [0.15, 0.2) is 9.84 Å². The molecule has 0 saturated heterocycles. The maximum atomic E-state index is 14.8. The number of carbonyl (C=O) groups excluding carboxylic acids is 1. The van der Waals surface area contributed by atoms with Gasteiger partial charge in [-0.05, 0) is 43.3 Å². The molecule has 178 valence electrons. The molecule has 2 heterocycles. The van der Waals surface area contributed by atoms with E-state index in [9.17, 15) is 17.6 Å². The summed E-state index contributed by atoms with van der Waals surface area (Å²) in [6, 6.07) is 10.4. The van der Waals surface area contributed by atoms with E-state index in [1.54, 1.807) is 19.1 Å². The van der Waals surface area contributed by atoms with Crippen molar-refractivity contribution in [3.63, 3.8) is 0 Å². The van der Waals surface area contributed by atoms with Crippen molar-refractivity contribution in [2.75, 3.05) is 38.8 Å². The number of methoxy groups -OCH3 is 1. The predicted molar refractivity (Wildman–Crippen MR) is 126 cm³/mol. The normalized spacial score (nSPS) is 13.7. The number of amidine groups is 1. The lowest BCUT2D eigenvalue weighted by atomic mass is 10.1. The number of anilines is 1. The molecule has 0 fully saturated rings. The van der Waals surface area contributed by atoms with Crippen molar-refractivity contribution in [3.05, 3.63) is 65.2 Å². The van der Waals surface area contributed by atoms with Gasteiger partial charge in [0.1, 0.15) is 23.1 Å². The zero-order valence-electron chi connectivity index (χ0n) is 19.2. The number of aromatic nitrogens is 2. The van der Waals surface area contributed by atoms with Crippen molar-refractivity contribution in [3.8, 4) is 11.4 Å². The Bertz CT molecular complexity index is 1410. The van der Waals surface area contributed by atoms with Gasteiger partial charge < -0.3 is 15.0 Å². The zero-order chi connectivity index (χ0) is 24.6. The standard InChI is InChI=1S/C23H24FN5O4S/c1-14-11-20(29(27-14)19-8-6-16(33-3)13-21(19)34(4,31)32)23(30)26-18-7-5-15(12-17(18)24)22-25-9-10-28(22)2/h5-8,11-13H,9-10H2,1-4H3,(H,26,30). The summed E-state index contributed by atoms with van der Waals surface area (Å²) in [5.41, 5.74) is 1.32. The molecule has 9 nitrogen and oxygen atoms in total. The van der Waals surface area contributed by atoms with E-state index in [-0.39, 0.29) is 22.0 Å². The van der Waals surface area contributed by atoms with E-state index >= 15 is 0 Å². The largest absolute Gasteiger partial charge is 0.497 e. The third-order valence-electron chi connectivity index (χ3n) is 5.39. The average Bonchev–Trinajstić information content (AvgIpc) is 3.39. The van der Waals surface area contributed by atoms with Crippen molar-refractivity contribution < 1.29 is 22.3 Å². The van der Waals surface area contributed by atoms with Gasteiger partial charge in [-0.2, -0.15) is 5.10 Å². The Balaban J connectivity index is 1.69. The van der Waals surface area contributed by atoms with E-state index in [0.29, 0.717) is 29.4 Å². The topological polar surface area (TPSA) is 106 Å². The predicted octanol–water partition coefficient (Wildman–Crippen LogP) is 2.68. The molecule has 4 rings (SSSR count). The van der Waals surface area contributed by atoms with E-state index in [1.807, 2.05) is 11.9 Å². The van der Waals surface area contributed by atoms with Crippen molar-refractivity contribution in [2.45, 2.75) is 11.8 Å². The Morgan fingerprint density at radius 1 is 1.18 bits per heavy atom. The Kier molecular flexibility index (Phi) is 6.13. The van der Waals surface area contributed by atoms with Gasteiger partial charge in [0.05, 0.1) is 35.6 Å². The molecule has 0 aliphatic carbocycles.